The van der Waals surface area contributed by atoms with Gasteiger partial charge in [0.15, 0.2) is 11.5 Å². The molecule has 4 aromatic rings. The number of halogens is 3. The number of nitrogens with two attached hydrogens (primary N) is 1. The molecule has 5 rings (SSSR count). The first-order chi connectivity index (χ1) is 19.0. The van der Waals surface area contributed by atoms with Gasteiger partial charge < -0.3 is 26.0 Å². The van der Waals surface area contributed by atoms with E-state index in [9.17, 15) is 18.0 Å². The van der Waals surface area contributed by atoms with Crippen molar-refractivity contribution < 1.29 is 22.7 Å². The van der Waals surface area contributed by atoms with Crippen LogP contribution in [-0.2, 0) is 13.2 Å². The van der Waals surface area contributed by atoms with Crippen LogP contribution in [0.1, 0.15) is 30.0 Å². The number of nitrogen functional groups attached to an aromatic ring is 1. The normalized spacial score (nSPS) is 13.6. The third-order valence-corrected chi connectivity index (χ3v) is 6.63. The predicted molar refractivity (Wildman–Crippen MR) is 148 cm³/mol. The summed E-state index contributed by atoms with van der Waals surface area (Å²) in [6.45, 7) is 0.557. The summed E-state index contributed by atoms with van der Waals surface area (Å²) in [5.41, 5.74) is 9.17. The lowest BCUT2D eigenvalue weighted by molar-refractivity contribution is -0.138. The molecule has 1 aliphatic carbocycles. The van der Waals surface area contributed by atoms with Crippen LogP contribution in [0.4, 0.5) is 35.2 Å². The van der Waals surface area contributed by atoms with Gasteiger partial charge in [0.05, 0.1) is 10.9 Å². The van der Waals surface area contributed by atoms with Gasteiger partial charge in [-0.25, -0.2) is 14.5 Å². The Morgan fingerprint density at radius 2 is 1.77 bits per heavy atom. The standard InChI is InChI=1S/C28H30F3N7O2/c1-37(2)12-13-40-23-11-10-19(14-21(23)28(29,30)31)34-27(39)33-18-8-6-16(7-9-18)20-15-22(17-4-5-17)35-26-24(20)25(32)36-38(26)3/h6-11,14-15,17H,4-5,12-13H2,1-3H3,(H2,32,36)(H2,33,34,39). The highest BCUT2D eigenvalue weighted by Gasteiger charge is 2.35. The Morgan fingerprint density at radius 3 is 2.42 bits per heavy atom. The Kier molecular flexibility index (Phi) is 7.28. The molecule has 0 saturated heterocycles. The summed E-state index contributed by atoms with van der Waals surface area (Å²) < 4.78 is 47.9. The largest absolute Gasteiger partial charge is 0.492 e. The number of carbonyl (C=O) groups is 1. The predicted octanol–water partition coefficient (Wildman–Crippen LogP) is 5.70. The van der Waals surface area contributed by atoms with Crippen LogP contribution >= 0.6 is 0 Å². The second-order valence-electron chi connectivity index (χ2n) is 10.1. The Morgan fingerprint density at radius 1 is 1.10 bits per heavy atom. The van der Waals surface area contributed by atoms with Gasteiger partial charge in [0.25, 0.3) is 0 Å². The van der Waals surface area contributed by atoms with Crippen molar-refractivity contribution >= 4 is 34.3 Å². The summed E-state index contributed by atoms with van der Waals surface area (Å²) in [4.78, 5) is 19.2. The molecular weight excluding hydrogens is 523 g/mol. The molecule has 1 aliphatic rings. The summed E-state index contributed by atoms with van der Waals surface area (Å²) in [6, 6.07) is 11.9. The summed E-state index contributed by atoms with van der Waals surface area (Å²) >= 11 is 0. The number of ether oxygens (including phenoxy) is 1. The molecule has 2 amide bonds. The molecule has 2 aromatic carbocycles. The topological polar surface area (TPSA) is 110 Å². The summed E-state index contributed by atoms with van der Waals surface area (Å²) in [7, 11) is 5.40. The van der Waals surface area contributed by atoms with Crippen molar-refractivity contribution in [1.82, 2.24) is 19.7 Å². The van der Waals surface area contributed by atoms with Crippen LogP contribution in [0.3, 0.4) is 0 Å². The molecule has 12 heteroatoms. The van der Waals surface area contributed by atoms with E-state index in [1.54, 1.807) is 42.9 Å². The highest BCUT2D eigenvalue weighted by Crippen LogP contribution is 2.43. The number of carbonyl (C=O) groups excluding carboxylic acids is 1. The van der Waals surface area contributed by atoms with Gasteiger partial charge in [-0.15, -0.1) is 0 Å². The minimum absolute atomic E-state index is 0.0137. The second-order valence-corrected chi connectivity index (χ2v) is 10.1. The molecule has 0 unspecified atom stereocenters. The van der Waals surface area contributed by atoms with Gasteiger partial charge >= 0.3 is 12.2 Å². The summed E-state index contributed by atoms with van der Waals surface area (Å²) in [5.74, 6) is 0.525. The summed E-state index contributed by atoms with van der Waals surface area (Å²) in [6.07, 6.45) is -2.45. The van der Waals surface area contributed by atoms with Gasteiger partial charge in [0.1, 0.15) is 12.4 Å². The van der Waals surface area contributed by atoms with E-state index >= 15 is 0 Å². The van der Waals surface area contributed by atoms with Crippen LogP contribution < -0.4 is 21.1 Å². The number of anilines is 3. The Bertz CT molecular complexity index is 1540. The fourth-order valence-electron chi connectivity index (χ4n) is 4.43. The zero-order valence-electron chi connectivity index (χ0n) is 22.3. The number of hydrogen-bond acceptors (Lipinski definition) is 6. The molecule has 0 aliphatic heterocycles. The molecule has 2 heterocycles. The number of nitrogens with zero attached hydrogens (tertiary/aromatic N) is 4. The van der Waals surface area contributed by atoms with Gasteiger partial charge in [0, 0.05) is 36.6 Å². The number of benzene rings is 2. The van der Waals surface area contributed by atoms with Gasteiger partial charge in [0.2, 0.25) is 0 Å². The molecular formula is C28H30F3N7O2. The number of aryl methyl sites for hydroxylation is 1. The van der Waals surface area contributed by atoms with Crippen LogP contribution in [0.15, 0.2) is 48.5 Å². The molecule has 1 fully saturated rings. The monoisotopic (exact) mass is 553 g/mol. The van der Waals surface area contributed by atoms with Crippen molar-refractivity contribution in [1.29, 1.82) is 0 Å². The number of urea groups is 1. The number of amides is 2. The average Bonchev–Trinajstić information content (AvgIpc) is 3.70. The lowest BCUT2D eigenvalue weighted by Gasteiger charge is -2.17. The zero-order chi connectivity index (χ0) is 28.6. The van der Waals surface area contributed by atoms with Gasteiger partial charge in [-0.1, -0.05) is 12.1 Å². The third-order valence-electron chi connectivity index (χ3n) is 6.63. The van der Waals surface area contributed by atoms with Crippen molar-refractivity contribution in [2.75, 3.05) is 43.6 Å². The first-order valence-electron chi connectivity index (χ1n) is 12.8. The molecule has 210 valence electrons. The van der Waals surface area contributed by atoms with Crippen LogP contribution in [0.25, 0.3) is 22.2 Å². The molecule has 4 N–H and O–H groups in total. The molecule has 0 spiro atoms. The maximum absolute atomic E-state index is 13.6. The van der Waals surface area contributed by atoms with E-state index in [4.69, 9.17) is 15.5 Å². The maximum Gasteiger partial charge on any atom is 0.420 e. The molecule has 0 radical (unpaired) electrons. The number of pyridine rings is 1. The molecule has 0 bridgehead atoms. The molecule has 1 saturated carbocycles. The zero-order valence-corrected chi connectivity index (χ0v) is 22.3. The summed E-state index contributed by atoms with van der Waals surface area (Å²) in [5, 5.41) is 10.2. The highest BCUT2D eigenvalue weighted by molar-refractivity contribution is 6.02. The number of nitrogens with one attached hydrogen (secondary N) is 2. The van der Waals surface area contributed by atoms with Crippen molar-refractivity contribution in [3.05, 3.63) is 59.8 Å². The fourth-order valence-corrected chi connectivity index (χ4v) is 4.43. The van der Waals surface area contributed by atoms with E-state index in [1.807, 2.05) is 18.2 Å². The Balaban J connectivity index is 1.31. The smallest absolute Gasteiger partial charge is 0.420 e. The van der Waals surface area contributed by atoms with E-state index in [0.717, 1.165) is 41.1 Å². The number of alkyl halides is 3. The van der Waals surface area contributed by atoms with Crippen molar-refractivity contribution in [3.8, 4) is 16.9 Å². The number of likely N-dealkylation sites (N-methyl/N-ethyl adjacent to an activating group) is 1. The quantitative estimate of drug-likeness (QED) is 0.258. The first-order valence-corrected chi connectivity index (χ1v) is 12.8. The third kappa shape index (κ3) is 5.96. The first kappa shape index (κ1) is 27.3. The lowest BCUT2D eigenvalue weighted by Crippen LogP contribution is -2.21. The number of aromatic nitrogens is 3. The van der Waals surface area contributed by atoms with E-state index < -0.39 is 17.8 Å². The maximum atomic E-state index is 13.6. The van der Waals surface area contributed by atoms with Gasteiger partial charge in [-0.3, -0.25) is 0 Å². The van der Waals surface area contributed by atoms with Crippen molar-refractivity contribution in [2.24, 2.45) is 7.05 Å². The Labute approximate surface area is 229 Å². The van der Waals surface area contributed by atoms with E-state index in [0.29, 0.717) is 29.6 Å². The number of rotatable bonds is 8. The average molecular weight is 554 g/mol. The van der Waals surface area contributed by atoms with E-state index in [2.05, 4.69) is 15.7 Å². The Hall–Kier alpha value is -4.32. The number of fused-ring (bicyclic) bond motifs is 1. The van der Waals surface area contributed by atoms with Crippen LogP contribution in [0.2, 0.25) is 0 Å². The molecule has 0 atom stereocenters. The SMILES string of the molecule is CN(C)CCOc1ccc(NC(=O)Nc2ccc(-c3cc(C4CC4)nc4c3c(N)nn4C)cc2)cc1C(F)(F)F. The molecule has 2 aromatic heterocycles. The molecule has 9 nitrogen and oxygen atoms in total. The van der Waals surface area contributed by atoms with E-state index in [1.165, 1.54) is 12.1 Å². The minimum atomic E-state index is -4.65. The highest BCUT2D eigenvalue weighted by atomic mass is 19.4. The molecule has 40 heavy (non-hydrogen) atoms. The number of hydrogen-bond donors (Lipinski definition) is 3. The van der Waals surface area contributed by atoms with Crippen LogP contribution in [0, 0.1) is 0 Å². The van der Waals surface area contributed by atoms with Gasteiger partial charge in [-0.05, 0) is 74.5 Å². The lowest BCUT2D eigenvalue weighted by atomic mass is 10.0. The van der Waals surface area contributed by atoms with Crippen molar-refractivity contribution in [2.45, 2.75) is 24.9 Å². The van der Waals surface area contributed by atoms with Crippen LogP contribution in [-0.4, -0.2) is 52.9 Å². The van der Waals surface area contributed by atoms with Crippen molar-refractivity contribution in [3.63, 3.8) is 0 Å². The van der Waals surface area contributed by atoms with E-state index in [-0.39, 0.29) is 18.0 Å². The fraction of sp³-hybridized carbons (Fsp3) is 0.321. The van der Waals surface area contributed by atoms with Crippen LogP contribution in [0.5, 0.6) is 5.75 Å². The second kappa shape index (κ2) is 10.7. The minimum Gasteiger partial charge on any atom is -0.492 e. The van der Waals surface area contributed by atoms with Gasteiger partial charge in [-0.2, -0.15) is 18.3 Å².